The van der Waals surface area contributed by atoms with Gasteiger partial charge in [-0.1, -0.05) is 18.2 Å². The smallest absolute Gasteiger partial charge is 0.0991 e. The van der Waals surface area contributed by atoms with E-state index in [0.29, 0.717) is 0 Å². The molecule has 6 nitrogen and oxygen atoms in total. The van der Waals surface area contributed by atoms with Crippen LogP contribution in [-0.2, 0) is 0 Å². The molecule has 138 valence electrons. The summed E-state index contributed by atoms with van der Waals surface area (Å²) in [4.78, 5) is 12.8. The van der Waals surface area contributed by atoms with Crippen molar-refractivity contribution in [1.82, 2.24) is 28.7 Å². The van der Waals surface area contributed by atoms with Gasteiger partial charge in [-0.05, 0) is 30.3 Å². The van der Waals surface area contributed by atoms with Gasteiger partial charge in [0.05, 0.1) is 40.8 Å². The highest BCUT2D eigenvalue weighted by atomic mass is 15.1. The molecule has 4 heterocycles. The second-order valence-corrected chi connectivity index (χ2v) is 6.89. The van der Waals surface area contributed by atoms with E-state index in [9.17, 15) is 0 Å². The normalized spacial score (nSPS) is 11.4. The van der Waals surface area contributed by atoms with Gasteiger partial charge in [0.1, 0.15) is 0 Å². The van der Waals surface area contributed by atoms with E-state index < -0.39 is 0 Å². The fourth-order valence-electron chi connectivity index (χ4n) is 3.92. The Morgan fingerprint density at radius 1 is 0.586 bits per heavy atom. The van der Waals surface area contributed by atoms with Crippen LogP contribution in [0.2, 0.25) is 0 Å². The SMILES string of the molecule is c1ccc2c(c1)c1cnccc1n2-c1cc(-n2ccnc2)cc(-n2ccnc2)c1. The summed E-state index contributed by atoms with van der Waals surface area (Å²) in [6, 6.07) is 17.0. The average molecular weight is 376 g/mol. The molecule has 0 aliphatic heterocycles. The van der Waals surface area contributed by atoms with Crippen LogP contribution in [0.25, 0.3) is 38.9 Å². The fraction of sp³-hybridized carbons (Fsp3) is 0. The topological polar surface area (TPSA) is 53.5 Å². The molecule has 0 saturated carbocycles. The van der Waals surface area contributed by atoms with Crippen LogP contribution >= 0.6 is 0 Å². The molecule has 0 spiro atoms. The minimum Gasteiger partial charge on any atom is -0.309 e. The Morgan fingerprint density at radius 3 is 1.93 bits per heavy atom. The summed E-state index contributed by atoms with van der Waals surface area (Å²) in [7, 11) is 0. The molecule has 6 rings (SSSR count). The lowest BCUT2D eigenvalue weighted by Crippen LogP contribution is -2.01. The molecule has 0 radical (unpaired) electrons. The van der Waals surface area contributed by atoms with Crippen molar-refractivity contribution < 1.29 is 0 Å². The minimum absolute atomic E-state index is 1.03. The van der Waals surface area contributed by atoms with E-state index in [-0.39, 0.29) is 0 Å². The maximum absolute atomic E-state index is 4.35. The maximum atomic E-state index is 4.35. The van der Waals surface area contributed by atoms with Gasteiger partial charge >= 0.3 is 0 Å². The second kappa shape index (κ2) is 6.17. The maximum Gasteiger partial charge on any atom is 0.0991 e. The number of rotatable bonds is 3. The second-order valence-electron chi connectivity index (χ2n) is 6.89. The van der Waals surface area contributed by atoms with E-state index in [0.717, 1.165) is 33.5 Å². The summed E-state index contributed by atoms with van der Waals surface area (Å²) >= 11 is 0. The van der Waals surface area contributed by atoms with Crippen molar-refractivity contribution in [2.24, 2.45) is 0 Å². The molecule has 0 atom stereocenters. The van der Waals surface area contributed by atoms with E-state index >= 15 is 0 Å². The summed E-state index contributed by atoms with van der Waals surface area (Å²) in [5, 5.41) is 2.33. The van der Waals surface area contributed by atoms with Crippen molar-refractivity contribution in [2.45, 2.75) is 0 Å². The summed E-state index contributed by atoms with van der Waals surface area (Å²) in [5.74, 6) is 0. The van der Waals surface area contributed by atoms with E-state index in [1.54, 1.807) is 12.4 Å². The van der Waals surface area contributed by atoms with E-state index in [4.69, 9.17) is 0 Å². The first-order valence-electron chi connectivity index (χ1n) is 9.34. The summed E-state index contributed by atoms with van der Waals surface area (Å²) < 4.78 is 6.31. The Morgan fingerprint density at radius 2 is 1.24 bits per heavy atom. The molecule has 0 aliphatic carbocycles. The lowest BCUT2D eigenvalue weighted by Gasteiger charge is -2.14. The molecule has 0 aliphatic rings. The first kappa shape index (κ1) is 15.8. The van der Waals surface area contributed by atoms with Crippen LogP contribution in [0.15, 0.2) is 98.4 Å². The molecule has 6 heteroatoms. The average Bonchev–Trinajstić information content (AvgIpc) is 3.54. The van der Waals surface area contributed by atoms with Crippen LogP contribution in [0.3, 0.4) is 0 Å². The summed E-state index contributed by atoms with van der Waals surface area (Å²) in [6.45, 7) is 0. The highest BCUT2D eigenvalue weighted by molar-refractivity contribution is 6.08. The minimum atomic E-state index is 1.03. The van der Waals surface area contributed by atoms with Crippen molar-refractivity contribution in [3.8, 4) is 17.1 Å². The van der Waals surface area contributed by atoms with Crippen molar-refractivity contribution in [3.05, 3.63) is 98.4 Å². The molecule has 6 aromatic rings. The van der Waals surface area contributed by atoms with Gasteiger partial charge in [-0.15, -0.1) is 0 Å². The highest BCUT2D eigenvalue weighted by Gasteiger charge is 2.14. The van der Waals surface area contributed by atoms with Crippen LogP contribution < -0.4 is 0 Å². The third-order valence-corrected chi connectivity index (χ3v) is 5.22. The molecule has 0 amide bonds. The molecule has 0 bridgehead atoms. The molecule has 2 aromatic carbocycles. The number of aromatic nitrogens is 6. The fourth-order valence-corrected chi connectivity index (χ4v) is 3.92. The van der Waals surface area contributed by atoms with E-state index in [1.807, 2.05) is 46.6 Å². The van der Waals surface area contributed by atoms with Crippen molar-refractivity contribution in [1.29, 1.82) is 0 Å². The van der Waals surface area contributed by atoms with Crippen LogP contribution in [0.1, 0.15) is 0 Å². The van der Waals surface area contributed by atoms with Gasteiger partial charge in [0.15, 0.2) is 0 Å². The zero-order valence-corrected chi connectivity index (χ0v) is 15.4. The van der Waals surface area contributed by atoms with Crippen molar-refractivity contribution in [3.63, 3.8) is 0 Å². The number of hydrogen-bond acceptors (Lipinski definition) is 3. The number of pyridine rings is 1. The van der Waals surface area contributed by atoms with Gasteiger partial charge in [-0.25, -0.2) is 9.97 Å². The van der Waals surface area contributed by atoms with E-state index in [1.165, 1.54) is 5.39 Å². The highest BCUT2D eigenvalue weighted by Crippen LogP contribution is 2.32. The Hall–Kier alpha value is -4.19. The zero-order chi connectivity index (χ0) is 19.2. The van der Waals surface area contributed by atoms with Gasteiger partial charge < -0.3 is 13.7 Å². The van der Waals surface area contributed by atoms with Crippen LogP contribution in [0.4, 0.5) is 0 Å². The monoisotopic (exact) mass is 376 g/mol. The standard InChI is InChI=1S/C23H16N6/c1-2-4-22-20(3-1)21-14-24-6-5-23(21)29(22)19-12-17(27-9-7-25-15-27)11-18(13-19)28-10-8-26-16-28/h1-16H. The third-order valence-electron chi connectivity index (χ3n) is 5.22. The first-order chi connectivity index (χ1) is 14.4. The lowest BCUT2D eigenvalue weighted by molar-refractivity contribution is 1.01. The quantitative estimate of drug-likeness (QED) is 0.455. The van der Waals surface area contributed by atoms with Gasteiger partial charge in [0.25, 0.3) is 0 Å². The number of fused-ring (bicyclic) bond motifs is 3. The third kappa shape index (κ3) is 2.46. The van der Waals surface area contributed by atoms with Crippen LogP contribution in [0, 0.1) is 0 Å². The molecular weight excluding hydrogens is 360 g/mol. The Bertz CT molecular complexity index is 1340. The van der Waals surface area contributed by atoms with Crippen LogP contribution in [-0.4, -0.2) is 28.7 Å². The number of imidazole rings is 2. The predicted molar refractivity (Wildman–Crippen MR) is 113 cm³/mol. The molecular formula is C23H16N6. The Balaban J connectivity index is 1.71. The van der Waals surface area contributed by atoms with Gasteiger partial charge in [-0.2, -0.15) is 0 Å². The van der Waals surface area contributed by atoms with Gasteiger partial charge in [-0.3, -0.25) is 4.98 Å². The number of para-hydroxylation sites is 1. The molecule has 0 unspecified atom stereocenters. The molecule has 0 fully saturated rings. The lowest BCUT2D eigenvalue weighted by atomic mass is 10.2. The van der Waals surface area contributed by atoms with E-state index in [2.05, 4.69) is 68.0 Å². The molecule has 29 heavy (non-hydrogen) atoms. The number of hydrogen-bond donors (Lipinski definition) is 0. The van der Waals surface area contributed by atoms with Crippen molar-refractivity contribution >= 4 is 21.8 Å². The zero-order valence-electron chi connectivity index (χ0n) is 15.4. The molecule has 0 saturated heterocycles. The summed E-state index contributed by atoms with van der Waals surface area (Å²) in [5.41, 5.74) is 5.40. The molecule has 0 N–H and O–H groups in total. The first-order valence-corrected chi connectivity index (χ1v) is 9.34. The predicted octanol–water partition coefficient (Wildman–Crippen LogP) is 4.55. The van der Waals surface area contributed by atoms with Gasteiger partial charge in [0, 0.05) is 48.0 Å². The number of nitrogens with zero attached hydrogens (tertiary/aromatic N) is 6. The largest absolute Gasteiger partial charge is 0.309 e. The summed E-state index contributed by atoms with van der Waals surface area (Å²) in [6.07, 6.45) is 14.9. The van der Waals surface area contributed by atoms with Crippen molar-refractivity contribution in [2.75, 3.05) is 0 Å². The van der Waals surface area contributed by atoms with Crippen LogP contribution in [0.5, 0.6) is 0 Å². The molecule has 4 aromatic heterocycles. The Labute approximate surface area is 166 Å². The van der Waals surface area contributed by atoms with Gasteiger partial charge in [0.2, 0.25) is 0 Å². The Kier molecular flexibility index (Phi) is 3.37. The number of benzene rings is 2.